The Hall–Kier alpha value is -1.89. The molecule has 2 aromatic rings. The van der Waals surface area contributed by atoms with Crippen molar-refractivity contribution in [3.8, 4) is 0 Å². The molecule has 0 saturated heterocycles. The monoisotopic (exact) mass is 452 g/mol. The number of alkyl halides is 3. The highest BCUT2D eigenvalue weighted by atomic mass is 79.9. The minimum Gasteiger partial charge on any atom is -0.309 e. The van der Waals surface area contributed by atoms with Crippen molar-refractivity contribution in [1.29, 1.82) is 0 Å². The topological polar surface area (TPSA) is 24.1 Å². The lowest BCUT2D eigenvalue weighted by atomic mass is 10.0. The van der Waals surface area contributed by atoms with Gasteiger partial charge in [0.1, 0.15) is 0 Å². The molecular weight excluding hydrogens is 429 g/mol. The first-order chi connectivity index (χ1) is 12.9. The molecule has 2 aromatic carbocycles. The molecule has 0 unspecified atom stereocenters. The fourth-order valence-electron chi connectivity index (χ4n) is 3.05. The minimum absolute atomic E-state index is 0. The van der Waals surface area contributed by atoms with E-state index < -0.39 is 11.7 Å². The van der Waals surface area contributed by atoms with Gasteiger partial charge in [-0.2, -0.15) is 13.2 Å². The van der Waals surface area contributed by atoms with Crippen molar-refractivity contribution in [2.45, 2.75) is 13.1 Å². The first kappa shape index (κ1) is 22.4. The van der Waals surface area contributed by atoms with E-state index in [9.17, 15) is 13.2 Å². The summed E-state index contributed by atoms with van der Waals surface area (Å²) >= 11 is 0. The van der Waals surface area contributed by atoms with E-state index >= 15 is 0 Å². The highest BCUT2D eigenvalue weighted by Gasteiger charge is 2.30. The van der Waals surface area contributed by atoms with Crippen LogP contribution in [0.15, 0.2) is 60.7 Å². The van der Waals surface area contributed by atoms with Crippen LogP contribution in [0.25, 0.3) is 11.1 Å². The summed E-state index contributed by atoms with van der Waals surface area (Å²) in [4.78, 5) is 0. The molecule has 2 N–H and O–H groups in total. The van der Waals surface area contributed by atoms with E-state index in [0.29, 0.717) is 12.1 Å². The van der Waals surface area contributed by atoms with Crippen LogP contribution in [0.5, 0.6) is 0 Å². The number of nitrogens with one attached hydrogen (secondary N) is 2. The van der Waals surface area contributed by atoms with Crippen molar-refractivity contribution in [3.05, 3.63) is 82.9 Å². The molecule has 0 radical (unpaired) electrons. The van der Waals surface area contributed by atoms with Gasteiger partial charge in [-0.15, -0.1) is 17.0 Å². The number of rotatable bonds is 2. The van der Waals surface area contributed by atoms with Gasteiger partial charge in [0.25, 0.3) is 0 Å². The van der Waals surface area contributed by atoms with E-state index in [1.54, 1.807) is 6.07 Å². The number of halogens is 4. The molecule has 4 rings (SSSR count). The Kier molecular flexibility index (Phi) is 8.04. The van der Waals surface area contributed by atoms with Gasteiger partial charge in [0.2, 0.25) is 0 Å². The molecule has 28 heavy (non-hydrogen) atoms. The van der Waals surface area contributed by atoms with Crippen LogP contribution in [0.3, 0.4) is 0 Å². The molecule has 0 fully saturated rings. The van der Waals surface area contributed by atoms with Crippen LogP contribution in [0, 0.1) is 6.92 Å². The summed E-state index contributed by atoms with van der Waals surface area (Å²) in [5, 5.41) is 6.35. The molecule has 0 spiro atoms. The second-order valence-electron chi connectivity index (χ2n) is 6.67. The summed E-state index contributed by atoms with van der Waals surface area (Å²) in [6, 6.07) is 14.1. The molecular formula is C22H24BrF3N2. The van der Waals surface area contributed by atoms with E-state index in [2.05, 4.69) is 47.9 Å². The zero-order chi connectivity index (χ0) is 19.3. The maximum absolute atomic E-state index is 12.4. The zero-order valence-corrected chi connectivity index (χ0v) is 17.4. The number of aryl methyl sites for hydroxylation is 1. The summed E-state index contributed by atoms with van der Waals surface area (Å²) in [5.74, 6) is 0. The van der Waals surface area contributed by atoms with E-state index in [0.717, 1.165) is 31.3 Å². The average molecular weight is 453 g/mol. The van der Waals surface area contributed by atoms with Crippen molar-refractivity contribution in [2.75, 3.05) is 26.2 Å². The van der Waals surface area contributed by atoms with Gasteiger partial charge >= 0.3 is 6.18 Å². The van der Waals surface area contributed by atoms with Crippen LogP contribution in [-0.4, -0.2) is 26.2 Å². The van der Waals surface area contributed by atoms with Crippen molar-refractivity contribution in [3.63, 3.8) is 0 Å². The van der Waals surface area contributed by atoms with E-state index in [4.69, 9.17) is 0 Å². The third kappa shape index (κ3) is 6.06. The molecule has 150 valence electrons. The summed E-state index contributed by atoms with van der Waals surface area (Å²) in [7, 11) is 0. The lowest BCUT2D eigenvalue weighted by Crippen LogP contribution is -2.08. The van der Waals surface area contributed by atoms with Gasteiger partial charge in [-0.1, -0.05) is 54.1 Å². The van der Waals surface area contributed by atoms with E-state index in [1.807, 2.05) is 6.08 Å². The van der Waals surface area contributed by atoms with Gasteiger partial charge in [0.05, 0.1) is 5.56 Å². The van der Waals surface area contributed by atoms with Crippen LogP contribution in [-0.2, 0) is 6.18 Å². The Morgan fingerprint density at radius 2 is 1.36 bits per heavy atom. The maximum Gasteiger partial charge on any atom is 0.416 e. The smallest absolute Gasteiger partial charge is 0.309 e. The molecule has 2 heterocycles. The maximum atomic E-state index is 12.4. The number of benzene rings is 2. The molecule has 0 saturated carbocycles. The molecule has 0 bridgehead atoms. The molecule has 2 aliphatic rings. The lowest BCUT2D eigenvalue weighted by Gasteiger charge is -2.08. The molecule has 0 amide bonds. The second-order valence-corrected chi connectivity index (χ2v) is 6.67. The van der Waals surface area contributed by atoms with Gasteiger partial charge in [0, 0.05) is 26.2 Å². The highest BCUT2D eigenvalue weighted by molar-refractivity contribution is 8.93. The Morgan fingerprint density at radius 1 is 0.786 bits per heavy atom. The lowest BCUT2D eigenvalue weighted by molar-refractivity contribution is -0.137. The van der Waals surface area contributed by atoms with E-state index in [-0.39, 0.29) is 17.0 Å². The van der Waals surface area contributed by atoms with E-state index in [1.165, 1.54) is 28.8 Å². The standard InChI is InChI=1S/C11H10F3N.C11H13N.BrH/c12-11(13,14)10-3-1-2-8(6-10)9-4-5-15-7-9;1-9-2-4-10(5-3-9)11-6-7-12-8-11;/h1-4,6,15H,5,7H2;2-6,12H,7-8H2,1H3;1H. The minimum atomic E-state index is -4.26. The second kappa shape index (κ2) is 10.0. The Labute approximate surface area is 174 Å². The fourth-order valence-corrected chi connectivity index (χ4v) is 3.05. The normalized spacial score (nSPS) is 15.9. The molecule has 2 nitrogen and oxygen atoms in total. The summed E-state index contributed by atoms with van der Waals surface area (Å²) in [6.45, 7) is 5.52. The first-order valence-electron chi connectivity index (χ1n) is 8.97. The van der Waals surface area contributed by atoms with Crippen LogP contribution in [0.2, 0.25) is 0 Å². The zero-order valence-electron chi connectivity index (χ0n) is 15.6. The highest BCUT2D eigenvalue weighted by Crippen LogP contribution is 2.31. The number of hydrogen-bond acceptors (Lipinski definition) is 2. The first-order valence-corrected chi connectivity index (χ1v) is 8.97. The summed E-state index contributed by atoms with van der Waals surface area (Å²) in [6.07, 6.45) is -0.0945. The van der Waals surface area contributed by atoms with Crippen molar-refractivity contribution in [2.24, 2.45) is 0 Å². The van der Waals surface area contributed by atoms with Crippen LogP contribution in [0.1, 0.15) is 22.3 Å². The molecule has 6 heteroatoms. The number of hydrogen-bond donors (Lipinski definition) is 2. The largest absolute Gasteiger partial charge is 0.416 e. The molecule has 0 aromatic heterocycles. The Bertz CT molecular complexity index is 840. The predicted molar refractivity (Wildman–Crippen MR) is 115 cm³/mol. The molecule has 2 aliphatic heterocycles. The van der Waals surface area contributed by atoms with Crippen molar-refractivity contribution >= 4 is 28.1 Å². The average Bonchev–Trinajstić information content (AvgIpc) is 3.36. The van der Waals surface area contributed by atoms with Gasteiger partial charge in [-0.25, -0.2) is 0 Å². The third-order valence-electron chi connectivity index (χ3n) is 4.60. The van der Waals surface area contributed by atoms with Crippen LogP contribution < -0.4 is 10.6 Å². The Balaban J connectivity index is 0.000000198. The van der Waals surface area contributed by atoms with Gasteiger partial charge in [-0.3, -0.25) is 0 Å². The fraction of sp³-hybridized carbons (Fsp3) is 0.273. The van der Waals surface area contributed by atoms with Gasteiger partial charge in [0.15, 0.2) is 0 Å². The third-order valence-corrected chi connectivity index (χ3v) is 4.60. The van der Waals surface area contributed by atoms with Crippen molar-refractivity contribution < 1.29 is 13.2 Å². The van der Waals surface area contributed by atoms with Gasteiger partial charge < -0.3 is 10.6 Å². The van der Waals surface area contributed by atoms with Gasteiger partial charge in [-0.05, 0) is 41.3 Å². The SMILES string of the molecule is Br.Cc1ccc(C2=CCNC2)cc1.FC(F)(F)c1cccc(C2=CCNC2)c1. The Morgan fingerprint density at radius 3 is 1.86 bits per heavy atom. The molecule has 0 aliphatic carbocycles. The summed E-state index contributed by atoms with van der Waals surface area (Å²) < 4.78 is 37.3. The quantitative estimate of drug-likeness (QED) is 0.649. The predicted octanol–water partition coefficient (Wildman–Crippen LogP) is 5.25. The van der Waals surface area contributed by atoms with Crippen LogP contribution in [0.4, 0.5) is 13.2 Å². The summed E-state index contributed by atoms with van der Waals surface area (Å²) in [5.41, 5.74) is 5.09. The van der Waals surface area contributed by atoms with Crippen molar-refractivity contribution in [1.82, 2.24) is 10.6 Å². The molecule has 0 atom stereocenters. The van der Waals surface area contributed by atoms with Crippen LogP contribution >= 0.6 is 17.0 Å².